The molecule has 3 aromatic carbocycles. The second kappa shape index (κ2) is 9.08. The number of nitrogens with zero attached hydrogens (tertiary/aromatic N) is 2. The molecule has 33 heavy (non-hydrogen) atoms. The maximum Gasteiger partial charge on any atom is 0.264 e. The Kier molecular flexibility index (Phi) is 6.21. The average Bonchev–Trinajstić information content (AvgIpc) is 3.29. The van der Waals surface area contributed by atoms with Gasteiger partial charge >= 0.3 is 0 Å². The molecule has 10 heteroatoms. The van der Waals surface area contributed by atoms with Gasteiger partial charge in [-0.2, -0.15) is 0 Å². The first-order valence-electron chi connectivity index (χ1n) is 9.62. The van der Waals surface area contributed by atoms with Gasteiger partial charge in [0.1, 0.15) is 0 Å². The number of thiazole rings is 1. The fraction of sp³-hybridized carbons (Fsp3) is 0.0435. The fourth-order valence-corrected chi connectivity index (χ4v) is 4.98. The minimum atomic E-state index is -3.89. The molecule has 1 N–H and O–H groups in total. The second-order valence-corrected chi connectivity index (χ2v) is 9.78. The van der Waals surface area contributed by atoms with Crippen LogP contribution < -0.4 is 9.62 Å². The van der Waals surface area contributed by atoms with Crippen LogP contribution in [0.1, 0.15) is 10.4 Å². The van der Waals surface area contributed by atoms with Crippen LogP contribution in [0.3, 0.4) is 0 Å². The molecule has 0 radical (unpaired) electrons. The highest BCUT2D eigenvalue weighted by Gasteiger charge is 2.22. The molecule has 0 aliphatic carbocycles. The molecule has 0 bridgehead atoms. The van der Waals surface area contributed by atoms with Gasteiger partial charge in [-0.15, -0.1) is 11.3 Å². The van der Waals surface area contributed by atoms with Crippen LogP contribution >= 0.6 is 11.3 Å². The molecule has 6 nitrogen and oxygen atoms in total. The lowest BCUT2D eigenvalue weighted by Crippen LogP contribution is -2.26. The summed E-state index contributed by atoms with van der Waals surface area (Å²) in [6.45, 7) is 0. The van der Waals surface area contributed by atoms with Crippen molar-refractivity contribution in [2.75, 3.05) is 16.7 Å². The lowest BCUT2D eigenvalue weighted by molar-refractivity contribution is 0.102. The first kappa shape index (κ1) is 22.6. The van der Waals surface area contributed by atoms with Gasteiger partial charge in [0, 0.05) is 23.6 Å². The van der Waals surface area contributed by atoms with Gasteiger partial charge in [-0.25, -0.2) is 22.2 Å². The van der Waals surface area contributed by atoms with Crippen molar-refractivity contribution in [3.8, 4) is 11.3 Å². The summed E-state index contributed by atoms with van der Waals surface area (Å²) in [5, 5.41) is 4.43. The first-order chi connectivity index (χ1) is 15.8. The van der Waals surface area contributed by atoms with E-state index in [0.717, 1.165) is 27.8 Å². The van der Waals surface area contributed by atoms with Crippen molar-refractivity contribution in [3.63, 3.8) is 0 Å². The number of anilines is 2. The zero-order chi connectivity index (χ0) is 23.6. The summed E-state index contributed by atoms with van der Waals surface area (Å²) in [5.41, 5.74) is 1.35. The quantitative estimate of drug-likeness (QED) is 0.409. The molecule has 1 amide bonds. The van der Waals surface area contributed by atoms with E-state index in [9.17, 15) is 22.0 Å². The van der Waals surface area contributed by atoms with Gasteiger partial charge in [0.05, 0.1) is 16.3 Å². The smallest absolute Gasteiger partial charge is 0.264 e. The number of halogens is 2. The second-order valence-electron chi connectivity index (χ2n) is 6.96. The molecule has 0 spiro atoms. The molecule has 0 atom stereocenters. The van der Waals surface area contributed by atoms with Crippen molar-refractivity contribution in [3.05, 3.63) is 95.4 Å². The summed E-state index contributed by atoms with van der Waals surface area (Å²) in [5.74, 6) is -2.51. The normalized spacial score (nSPS) is 11.2. The Hall–Kier alpha value is -3.63. The Balaban J connectivity index is 1.54. The minimum Gasteiger partial charge on any atom is -0.298 e. The van der Waals surface area contributed by atoms with Gasteiger partial charge in [0.25, 0.3) is 15.9 Å². The van der Waals surface area contributed by atoms with Crippen LogP contribution in [0.15, 0.2) is 83.1 Å². The van der Waals surface area contributed by atoms with Crippen molar-refractivity contribution < 1.29 is 22.0 Å². The van der Waals surface area contributed by atoms with E-state index in [-0.39, 0.29) is 15.6 Å². The van der Waals surface area contributed by atoms with Crippen molar-refractivity contribution >= 4 is 38.1 Å². The molecule has 1 heterocycles. The summed E-state index contributed by atoms with van der Waals surface area (Å²) >= 11 is 1.10. The Morgan fingerprint density at radius 2 is 1.73 bits per heavy atom. The van der Waals surface area contributed by atoms with E-state index >= 15 is 0 Å². The number of sulfonamides is 1. The Labute approximate surface area is 193 Å². The maximum absolute atomic E-state index is 13.5. The van der Waals surface area contributed by atoms with Crippen LogP contribution in [0.5, 0.6) is 0 Å². The standard InChI is InChI=1S/C23H17F2N3O3S2/c1-28(17-7-3-2-4-8-17)33(30,31)18-9-5-6-16(12-18)22(29)27-23-26-21(14-32-23)15-10-11-19(24)20(25)13-15/h2-14H,1H3,(H,26,27,29). The number of benzene rings is 3. The lowest BCUT2D eigenvalue weighted by atomic mass is 10.2. The highest BCUT2D eigenvalue weighted by atomic mass is 32.2. The molecule has 0 saturated heterocycles. The minimum absolute atomic E-state index is 0.0388. The Morgan fingerprint density at radius 3 is 2.45 bits per heavy atom. The molecule has 0 aliphatic rings. The van der Waals surface area contributed by atoms with Gasteiger partial charge in [0.2, 0.25) is 0 Å². The number of carbonyl (C=O) groups excluding carboxylic acids is 1. The predicted octanol–water partition coefficient (Wildman–Crippen LogP) is 5.17. The molecule has 0 fully saturated rings. The van der Waals surface area contributed by atoms with E-state index in [1.165, 1.54) is 37.4 Å². The number of para-hydroxylation sites is 1. The van der Waals surface area contributed by atoms with E-state index in [1.807, 2.05) is 0 Å². The van der Waals surface area contributed by atoms with Crippen LogP contribution in [-0.4, -0.2) is 26.4 Å². The average molecular weight is 486 g/mol. The van der Waals surface area contributed by atoms with E-state index in [2.05, 4.69) is 10.3 Å². The summed E-state index contributed by atoms with van der Waals surface area (Å²) in [6, 6.07) is 17.7. The summed E-state index contributed by atoms with van der Waals surface area (Å²) in [4.78, 5) is 16.9. The molecular formula is C23H17F2N3O3S2. The van der Waals surface area contributed by atoms with Crippen molar-refractivity contribution in [1.82, 2.24) is 4.98 Å². The molecule has 4 rings (SSSR count). The van der Waals surface area contributed by atoms with E-state index in [0.29, 0.717) is 16.9 Å². The first-order valence-corrected chi connectivity index (χ1v) is 11.9. The molecule has 0 saturated carbocycles. The third kappa shape index (κ3) is 4.76. The zero-order valence-corrected chi connectivity index (χ0v) is 18.8. The number of nitrogens with one attached hydrogen (secondary N) is 1. The number of rotatable bonds is 6. The lowest BCUT2D eigenvalue weighted by Gasteiger charge is -2.19. The number of aromatic nitrogens is 1. The predicted molar refractivity (Wildman–Crippen MR) is 124 cm³/mol. The fourth-order valence-electron chi connectivity index (χ4n) is 3.02. The van der Waals surface area contributed by atoms with Gasteiger partial charge in [0.15, 0.2) is 16.8 Å². The highest BCUT2D eigenvalue weighted by Crippen LogP contribution is 2.27. The van der Waals surface area contributed by atoms with Crippen LogP contribution in [0.4, 0.5) is 19.6 Å². The Bertz CT molecular complexity index is 1420. The topological polar surface area (TPSA) is 79.4 Å². The SMILES string of the molecule is CN(c1ccccc1)S(=O)(=O)c1cccc(C(=O)Nc2nc(-c3ccc(F)c(F)c3)cs2)c1. The monoisotopic (exact) mass is 485 g/mol. The maximum atomic E-state index is 13.5. The van der Waals surface area contributed by atoms with E-state index in [4.69, 9.17) is 0 Å². The van der Waals surface area contributed by atoms with Gasteiger partial charge < -0.3 is 0 Å². The zero-order valence-electron chi connectivity index (χ0n) is 17.2. The molecule has 0 unspecified atom stereocenters. The third-order valence-corrected chi connectivity index (χ3v) is 7.35. The molecular weight excluding hydrogens is 468 g/mol. The molecule has 4 aromatic rings. The van der Waals surface area contributed by atoms with E-state index < -0.39 is 27.6 Å². The number of hydrogen-bond donors (Lipinski definition) is 1. The number of hydrogen-bond acceptors (Lipinski definition) is 5. The summed E-state index contributed by atoms with van der Waals surface area (Å²) in [7, 11) is -2.45. The van der Waals surface area contributed by atoms with Crippen molar-refractivity contribution in [2.24, 2.45) is 0 Å². The van der Waals surface area contributed by atoms with Gasteiger partial charge in [-0.1, -0.05) is 24.3 Å². The summed E-state index contributed by atoms with van der Waals surface area (Å²) < 4.78 is 53.8. The Morgan fingerprint density at radius 1 is 0.970 bits per heavy atom. The summed E-state index contributed by atoms with van der Waals surface area (Å²) in [6.07, 6.45) is 0. The molecule has 168 valence electrons. The highest BCUT2D eigenvalue weighted by molar-refractivity contribution is 7.92. The van der Waals surface area contributed by atoms with Crippen molar-refractivity contribution in [1.29, 1.82) is 0 Å². The largest absolute Gasteiger partial charge is 0.298 e. The van der Waals surface area contributed by atoms with Gasteiger partial charge in [-0.3, -0.25) is 14.4 Å². The van der Waals surface area contributed by atoms with Gasteiger partial charge in [-0.05, 0) is 48.5 Å². The number of carbonyl (C=O) groups is 1. The third-order valence-electron chi connectivity index (χ3n) is 4.81. The molecule has 0 aliphatic heterocycles. The van der Waals surface area contributed by atoms with Crippen LogP contribution in [-0.2, 0) is 10.0 Å². The van der Waals surface area contributed by atoms with Crippen molar-refractivity contribution in [2.45, 2.75) is 4.90 Å². The molecule has 1 aromatic heterocycles. The van der Waals surface area contributed by atoms with E-state index in [1.54, 1.807) is 35.7 Å². The van der Waals surface area contributed by atoms with Crippen LogP contribution in [0.25, 0.3) is 11.3 Å². The van der Waals surface area contributed by atoms with Crippen LogP contribution in [0.2, 0.25) is 0 Å². The van der Waals surface area contributed by atoms with Crippen LogP contribution in [0, 0.1) is 11.6 Å². The number of amides is 1.